The molecule has 0 unspecified atom stereocenters. The third-order valence-electron chi connectivity index (χ3n) is 17.6. The molecule has 0 aliphatic heterocycles. The summed E-state index contributed by atoms with van der Waals surface area (Å²) >= 11 is 0. The Labute approximate surface area is 672 Å². The highest BCUT2D eigenvalue weighted by atomic mass is 19.1. The number of Topliss-reactive ketones (excluding diaryl/α,β-unsaturated/α-hetero) is 1. The Morgan fingerprint density at radius 2 is 0.644 bits per heavy atom. The van der Waals surface area contributed by atoms with E-state index in [-0.39, 0.29) is 80.6 Å². The second kappa shape index (κ2) is 40.2. The molecule has 0 aliphatic carbocycles. The predicted molar refractivity (Wildman–Crippen MR) is 433 cm³/mol. The van der Waals surface area contributed by atoms with Crippen LogP contribution in [0.2, 0.25) is 0 Å². The fraction of sp³-hybridized carbons (Fsp3) is 0.141. The highest BCUT2D eigenvalue weighted by Crippen LogP contribution is 2.34. The lowest BCUT2D eigenvalue weighted by molar-refractivity contribution is 0.0585. The Hall–Kier alpha value is -15.0. The predicted octanol–water partition coefficient (Wildman–Crippen LogP) is 18.2. The standard InChI is InChI=1S/C26H20FNO5.2C23H18FNO4.C20H18FNO5/c1-31-26(30)22-14-25(20-13-18(27)11-12-21(20)28-22)33-16-23(29)19-9-5-6-10-24(19)32-15-17-7-3-2-4-8-17;1-27-23(26)20-14-22(18-13-16(24)9-10-19(18)25-20)29-12-11-28-21-8-4-6-15-5-2-3-7-17(15)21;1-27-23(26)21-14-22(19-13-17(24)7-9-20(19)25-21)29-11-10-28-18-8-6-15-4-2-3-5-16(15)12-18;1-24-17-5-3-4-6-18(17)26-9-10-27-19-12-16(20(23)25-2)22-15-8-7-13(21)11-14(15)19/h2-14H,15-16H2,1H3;2-10,13-14H,11-12H2,1H3;2-9,12-14H,10-11H2,1H3;3-8,11-12H,9-10H2,1-2H3. The third kappa shape index (κ3) is 21.5. The Kier molecular flexibility index (Phi) is 28.1. The maximum atomic E-state index is 13.8. The highest BCUT2D eigenvalue weighted by molar-refractivity contribution is 6.01. The number of pyridine rings is 4. The van der Waals surface area contributed by atoms with Gasteiger partial charge in [0, 0.05) is 51.2 Å². The van der Waals surface area contributed by atoms with Crippen LogP contribution in [0, 0.1) is 23.3 Å². The summed E-state index contributed by atoms with van der Waals surface area (Å²) in [5.74, 6) is -0.258. The third-order valence-corrected chi connectivity index (χ3v) is 17.6. The van der Waals surface area contributed by atoms with Gasteiger partial charge in [-0.2, -0.15) is 0 Å². The van der Waals surface area contributed by atoms with Crippen molar-refractivity contribution in [1.29, 1.82) is 0 Å². The molecule has 0 bridgehead atoms. The second-order valence-electron chi connectivity index (χ2n) is 25.3. The first-order valence-corrected chi connectivity index (χ1v) is 36.5. The minimum Gasteiger partial charge on any atom is -0.493 e. The maximum absolute atomic E-state index is 13.8. The van der Waals surface area contributed by atoms with Crippen LogP contribution in [0.5, 0.6) is 51.7 Å². The number of carbonyl (C=O) groups excluding carboxylic acids is 5. The molecule has 4 heterocycles. The van der Waals surface area contributed by atoms with Crippen molar-refractivity contribution in [2.75, 3.05) is 81.8 Å². The lowest BCUT2D eigenvalue weighted by Gasteiger charge is -2.13. The zero-order valence-corrected chi connectivity index (χ0v) is 64.1. The number of carbonyl (C=O) groups is 5. The number of rotatable bonds is 27. The first-order valence-electron chi connectivity index (χ1n) is 36.5. The monoisotopic (exact) mass is 1600 g/mol. The van der Waals surface area contributed by atoms with E-state index in [4.69, 9.17) is 61.6 Å². The number of hydrogen-bond acceptors (Lipinski definition) is 22. The van der Waals surface area contributed by atoms with Gasteiger partial charge in [0.05, 0.1) is 63.2 Å². The molecule has 0 amide bonds. The van der Waals surface area contributed by atoms with Crippen LogP contribution in [0.25, 0.3) is 65.2 Å². The molecule has 26 heteroatoms. The van der Waals surface area contributed by atoms with Crippen LogP contribution in [-0.4, -0.2) is 131 Å². The van der Waals surface area contributed by atoms with Crippen molar-refractivity contribution in [3.63, 3.8) is 0 Å². The Bertz CT molecular complexity index is 6110. The fourth-order valence-corrected chi connectivity index (χ4v) is 12.0. The van der Waals surface area contributed by atoms with Gasteiger partial charge in [-0.05, 0) is 137 Å². The SMILES string of the molecule is COC(=O)c1cc(OCC(=O)c2ccccc2OCc2ccccc2)c2cc(F)ccc2n1.COC(=O)c1cc(OCCOc2ccc3ccccc3c2)c2cc(F)ccc2n1.COC(=O)c1cc(OCCOc2cccc3ccccc23)c2cc(F)ccc2n1.COC(=O)c1cc(OCCOc2ccccc2OC)c2cc(F)ccc2n1. The van der Waals surface area contributed by atoms with Gasteiger partial charge in [-0.1, -0.05) is 121 Å². The normalized spacial score (nSPS) is 10.7. The molecule has 598 valence electrons. The molecule has 0 radical (unpaired) electrons. The minimum atomic E-state index is -0.669. The van der Waals surface area contributed by atoms with E-state index >= 15 is 0 Å². The molecule has 118 heavy (non-hydrogen) atoms. The molecule has 4 aromatic heterocycles. The molecule has 0 atom stereocenters. The lowest BCUT2D eigenvalue weighted by Crippen LogP contribution is -2.14. The van der Waals surface area contributed by atoms with Gasteiger partial charge in [0.1, 0.15) is 110 Å². The Balaban J connectivity index is 0.000000145. The number of hydrogen-bond donors (Lipinski definition) is 0. The Morgan fingerprint density at radius 3 is 1.11 bits per heavy atom. The average molecular weight is 1600 g/mol. The van der Waals surface area contributed by atoms with Gasteiger partial charge in [-0.15, -0.1) is 0 Å². The number of fused-ring (bicyclic) bond motifs is 6. The Morgan fingerprint density at radius 1 is 0.280 bits per heavy atom. The second-order valence-corrected chi connectivity index (χ2v) is 25.3. The molecular formula is C92H74F4N4O18. The summed E-state index contributed by atoms with van der Waals surface area (Å²) in [6.07, 6.45) is 0. The van der Waals surface area contributed by atoms with Crippen molar-refractivity contribution in [3.05, 3.63) is 318 Å². The van der Waals surface area contributed by atoms with Crippen LogP contribution >= 0.6 is 0 Å². The molecule has 0 spiro atoms. The van der Waals surface area contributed by atoms with Crippen molar-refractivity contribution in [2.24, 2.45) is 0 Å². The van der Waals surface area contributed by atoms with E-state index in [0.717, 1.165) is 38.6 Å². The zero-order chi connectivity index (χ0) is 82.9. The van der Waals surface area contributed by atoms with Crippen LogP contribution in [-0.2, 0) is 25.6 Å². The fourth-order valence-electron chi connectivity index (χ4n) is 12.0. The number of esters is 4. The van der Waals surface area contributed by atoms with Crippen molar-refractivity contribution >= 4 is 94.8 Å². The van der Waals surface area contributed by atoms with Gasteiger partial charge in [0.2, 0.25) is 5.78 Å². The summed E-state index contributed by atoms with van der Waals surface area (Å²) in [5, 5.41) is 6.07. The summed E-state index contributed by atoms with van der Waals surface area (Å²) in [6, 6.07) is 73.2. The van der Waals surface area contributed by atoms with E-state index in [1.165, 1.54) is 126 Å². The van der Waals surface area contributed by atoms with Crippen LogP contribution in [0.4, 0.5) is 17.6 Å². The summed E-state index contributed by atoms with van der Waals surface area (Å²) in [6.45, 7) is 1.35. The highest BCUT2D eigenvalue weighted by Gasteiger charge is 2.21. The summed E-state index contributed by atoms with van der Waals surface area (Å²) in [7, 11) is 6.61. The van der Waals surface area contributed by atoms with Crippen molar-refractivity contribution in [3.8, 4) is 51.7 Å². The quantitative estimate of drug-likeness (QED) is 0.0152. The molecule has 0 saturated heterocycles. The van der Waals surface area contributed by atoms with Crippen LogP contribution in [0.1, 0.15) is 57.9 Å². The molecular weight excluding hydrogens is 1530 g/mol. The molecule has 22 nitrogen and oxygen atoms in total. The van der Waals surface area contributed by atoms with Crippen molar-refractivity contribution in [1.82, 2.24) is 19.9 Å². The van der Waals surface area contributed by atoms with E-state index in [9.17, 15) is 41.5 Å². The summed E-state index contributed by atoms with van der Waals surface area (Å²) < 4.78 is 125. The molecule has 15 rings (SSSR count). The molecule has 0 aliphatic rings. The van der Waals surface area contributed by atoms with Crippen molar-refractivity contribution < 1.29 is 103 Å². The number of methoxy groups -OCH3 is 5. The smallest absolute Gasteiger partial charge is 0.356 e. The summed E-state index contributed by atoms with van der Waals surface area (Å²) in [4.78, 5) is 77.2. The van der Waals surface area contributed by atoms with Crippen LogP contribution in [0.3, 0.4) is 0 Å². The van der Waals surface area contributed by atoms with Gasteiger partial charge in [-0.25, -0.2) is 56.7 Å². The molecule has 15 aromatic rings. The first-order chi connectivity index (χ1) is 57.5. The first kappa shape index (κ1) is 82.5. The average Bonchev–Trinajstić information content (AvgIpc) is 0.806. The van der Waals surface area contributed by atoms with Gasteiger partial charge in [-0.3, -0.25) is 4.79 Å². The number of aromatic nitrogens is 4. The minimum absolute atomic E-state index is 0.00866. The number of para-hydroxylation sites is 3. The van der Waals surface area contributed by atoms with Gasteiger partial charge in [0.15, 0.2) is 40.9 Å². The van der Waals surface area contributed by atoms with Crippen molar-refractivity contribution in [2.45, 2.75) is 6.61 Å². The number of benzene rings is 11. The van der Waals surface area contributed by atoms with E-state index in [1.54, 1.807) is 43.5 Å². The van der Waals surface area contributed by atoms with E-state index in [1.807, 2.05) is 127 Å². The van der Waals surface area contributed by atoms with Crippen LogP contribution < -0.4 is 42.6 Å². The summed E-state index contributed by atoms with van der Waals surface area (Å²) in [5.41, 5.74) is 3.24. The lowest BCUT2D eigenvalue weighted by atomic mass is 10.1. The molecule has 11 aromatic carbocycles. The van der Waals surface area contributed by atoms with E-state index in [2.05, 4.69) is 19.9 Å². The van der Waals surface area contributed by atoms with Gasteiger partial charge < -0.3 is 61.6 Å². The maximum Gasteiger partial charge on any atom is 0.356 e. The topological polar surface area (TPSA) is 257 Å². The largest absolute Gasteiger partial charge is 0.493 e. The van der Waals surface area contributed by atoms with E-state index in [0.29, 0.717) is 90.3 Å². The molecule has 0 N–H and O–H groups in total. The number of halogens is 4. The van der Waals surface area contributed by atoms with Crippen LogP contribution in [0.15, 0.2) is 261 Å². The van der Waals surface area contributed by atoms with Gasteiger partial charge >= 0.3 is 23.9 Å². The number of ketones is 1. The zero-order valence-electron chi connectivity index (χ0n) is 64.1. The van der Waals surface area contributed by atoms with E-state index < -0.39 is 47.1 Å². The van der Waals surface area contributed by atoms with Gasteiger partial charge in [0.25, 0.3) is 0 Å². The number of nitrogens with zero attached hydrogens (tertiary/aromatic N) is 4. The molecule has 0 fully saturated rings. The number of ether oxygens (including phenoxy) is 13. The molecule has 0 saturated carbocycles.